The van der Waals surface area contributed by atoms with E-state index in [2.05, 4.69) is 71.2 Å². The van der Waals surface area contributed by atoms with E-state index < -0.39 is 6.36 Å². The van der Waals surface area contributed by atoms with Gasteiger partial charge in [-0.05, 0) is 23.8 Å². The van der Waals surface area contributed by atoms with Gasteiger partial charge < -0.3 is 4.74 Å². The molecule has 6 heteroatoms. The zero-order chi connectivity index (χ0) is 17.9. The third-order valence-electron chi connectivity index (χ3n) is 4.07. The summed E-state index contributed by atoms with van der Waals surface area (Å²) in [4.78, 5) is 1.44. The Hall–Kier alpha value is -0.531. The molecular formula is C21H17BrFIOSSe. The van der Waals surface area contributed by atoms with Crippen molar-refractivity contribution in [1.29, 1.82) is 0 Å². The number of rotatable bonds is 0. The number of allylic oxidation sites excluding steroid dienone is 13. The maximum atomic E-state index is 12.3. The number of ether oxygens (including phenoxy) is 1. The van der Waals surface area contributed by atoms with E-state index in [4.69, 9.17) is 4.74 Å². The first-order valence-corrected chi connectivity index (χ1v) is 12.4. The molecule has 6 aliphatic rings. The molecule has 2 unspecified atom stereocenters. The van der Waals surface area contributed by atoms with Crippen LogP contribution in [0.3, 0.4) is 0 Å². The first-order valence-electron chi connectivity index (χ1n) is 8.23. The molecule has 2 atom stereocenters. The van der Waals surface area contributed by atoms with E-state index in [-0.39, 0.29) is 17.0 Å². The van der Waals surface area contributed by atoms with Crippen LogP contribution >= 0.6 is 51.3 Å². The second-order valence-corrected chi connectivity index (χ2v) is 11.4. The molecule has 140 valence electrons. The summed E-state index contributed by atoms with van der Waals surface area (Å²) in [6.45, 7) is 0. The SMILES string of the molecule is Br.C1=CC2=CC[Se]C2=C1.FC1C=C2C=CC=C2O1.IC1C=C2C=CC=C2S1. The van der Waals surface area contributed by atoms with Crippen LogP contribution in [0, 0.1) is 0 Å². The quantitative estimate of drug-likeness (QED) is 0.170. The van der Waals surface area contributed by atoms with Gasteiger partial charge in [0.25, 0.3) is 6.36 Å². The van der Waals surface area contributed by atoms with E-state index in [1.807, 2.05) is 23.9 Å². The molecule has 0 aromatic rings. The van der Waals surface area contributed by atoms with E-state index in [9.17, 15) is 4.39 Å². The Kier molecular flexibility index (Phi) is 7.68. The van der Waals surface area contributed by atoms with Gasteiger partial charge in [-0.1, -0.05) is 53.0 Å². The Labute approximate surface area is 193 Å². The standard InChI is InChI=1S/C7H5FO.C7H5IS.C7H6Se.BrH/c2*8-7-4-5-2-1-3-6(5)9-7;1-2-6-4-5-8-7(6)3-1;/h2*1-4,7H;1-4H,5H2;1H. The van der Waals surface area contributed by atoms with Crippen molar-refractivity contribution in [2.24, 2.45) is 0 Å². The van der Waals surface area contributed by atoms with E-state index in [0.717, 1.165) is 20.5 Å². The van der Waals surface area contributed by atoms with E-state index in [1.165, 1.54) is 27.4 Å². The molecule has 3 aliphatic carbocycles. The Bertz CT molecular complexity index is 842. The fourth-order valence-electron chi connectivity index (χ4n) is 2.86. The van der Waals surface area contributed by atoms with Crippen LogP contribution in [0.25, 0.3) is 0 Å². The minimum absolute atomic E-state index is 0. The average Bonchev–Trinajstić information content (AvgIpc) is 3.35. The molecular weight excluding hydrogens is 605 g/mol. The van der Waals surface area contributed by atoms with E-state index in [0.29, 0.717) is 9.02 Å². The summed E-state index contributed by atoms with van der Waals surface area (Å²) in [5.74, 6) is 0.655. The van der Waals surface area contributed by atoms with Gasteiger partial charge in [-0.15, -0.1) is 28.7 Å². The Morgan fingerprint density at radius 2 is 1.74 bits per heavy atom. The van der Waals surface area contributed by atoms with E-state index in [1.54, 1.807) is 10.5 Å². The summed E-state index contributed by atoms with van der Waals surface area (Å²) >= 11 is 5.14. The van der Waals surface area contributed by atoms with Crippen molar-refractivity contribution in [2.45, 2.75) is 14.9 Å². The summed E-state index contributed by atoms with van der Waals surface area (Å²) in [6.07, 6.45) is 23.3. The third kappa shape index (κ3) is 5.30. The second-order valence-electron chi connectivity index (χ2n) is 5.82. The first kappa shape index (κ1) is 21.2. The van der Waals surface area contributed by atoms with Crippen molar-refractivity contribution >= 4 is 66.3 Å². The Morgan fingerprint density at radius 3 is 2.52 bits per heavy atom. The predicted molar refractivity (Wildman–Crippen MR) is 128 cm³/mol. The Balaban J connectivity index is 0.000000115. The zero-order valence-electron chi connectivity index (χ0n) is 14.2. The molecule has 3 heterocycles. The van der Waals surface area contributed by atoms with Crippen LogP contribution in [0.15, 0.2) is 105 Å². The topological polar surface area (TPSA) is 9.23 Å². The molecule has 0 radical (unpaired) electrons. The zero-order valence-corrected chi connectivity index (χ0v) is 20.6. The third-order valence-corrected chi connectivity index (χ3v) is 8.31. The molecule has 0 N–H and O–H groups in total. The van der Waals surface area contributed by atoms with Crippen LogP contribution in [0.2, 0.25) is 5.32 Å². The number of hydrogen-bond donors (Lipinski definition) is 0. The number of halogens is 3. The van der Waals surface area contributed by atoms with Gasteiger partial charge in [0.1, 0.15) is 5.76 Å². The van der Waals surface area contributed by atoms with Crippen molar-refractivity contribution in [2.75, 3.05) is 0 Å². The van der Waals surface area contributed by atoms with Crippen LogP contribution in [-0.4, -0.2) is 24.6 Å². The molecule has 0 saturated carbocycles. The van der Waals surface area contributed by atoms with Gasteiger partial charge in [-0.3, -0.25) is 0 Å². The molecule has 0 aromatic heterocycles. The molecule has 0 aromatic carbocycles. The van der Waals surface area contributed by atoms with Crippen molar-refractivity contribution in [3.8, 4) is 0 Å². The van der Waals surface area contributed by atoms with Crippen LogP contribution < -0.4 is 0 Å². The number of alkyl halides is 2. The molecule has 0 saturated heterocycles. The molecule has 0 amide bonds. The summed E-state index contributed by atoms with van der Waals surface area (Å²) in [5, 5.41) is 1.32. The summed E-state index contributed by atoms with van der Waals surface area (Å²) in [6, 6.07) is 0. The van der Waals surface area contributed by atoms with Crippen LogP contribution in [0.4, 0.5) is 4.39 Å². The monoisotopic (exact) mass is 622 g/mol. The summed E-state index contributed by atoms with van der Waals surface area (Å²) in [7, 11) is 0. The maximum Gasteiger partial charge on any atom is 0.258 e. The summed E-state index contributed by atoms with van der Waals surface area (Å²) < 4.78 is 19.3. The van der Waals surface area contributed by atoms with E-state index >= 15 is 0 Å². The van der Waals surface area contributed by atoms with Crippen molar-refractivity contribution < 1.29 is 9.13 Å². The first-order chi connectivity index (χ1) is 12.7. The molecule has 1 nitrogen and oxygen atoms in total. The fraction of sp³-hybridized carbons (Fsp3) is 0.143. The molecule has 6 rings (SSSR count). The maximum absolute atomic E-state index is 12.3. The molecule has 0 spiro atoms. The molecule has 3 aliphatic heterocycles. The second kappa shape index (κ2) is 9.79. The fourth-order valence-corrected chi connectivity index (χ4v) is 6.91. The minimum atomic E-state index is -1.23. The van der Waals surface area contributed by atoms with Gasteiger partial charge in [0, 0.05) is 10.5 Å². The number of hydrogen-bond acceptors (Lipinski definition) is 2. The van der Waals surface area contributed by atoms with Gasteiger partial charge in [0.15, 0.2) is 0 Å². The molecule has 0 bridgehead atoms. The van der Waals surface area contributed by atoms with Gasteiger partial charge in [0.05, 0.1) is 3.26 Å². The van der Waals surface area contributed by atoms with Crippen molar-refractivity contribution in [3.63, 3.8) is 0 Å². The number of fused-ring (bicyclic) bond motifs is 3. The largest absolute Gasteiger partial charge is 0.456 e. The van der Waals surface area contributed by atoms with Crippen LogP contribution in [0.5, 0.6) is 0 Å². The average molecular weight is 622 g/mol. The molecule has 0 fully saturated rings. The van der Waals surface area contributed by atoms with Crippen molar-refractivity contribution in [3.05, 3.63) is 105 Å². The Morgan fingerprint density at radius 1 is 1.00 bits per heavy atom. The van der Waals surface area contributed by atoms with Crippen molar-refractivity contribution in [1.82, 2.24) is 0 Å². The summed E-state index contributed by atoms with van der Waals surface area (Å²) in [5.41, 5.74) is 3.77. The smallest absolute Gasteiger partial charge is 0.258 e. The minimum Gasteiger partial charge on any atom is -0.456 e. The normalized spacial score (nSPS) is 26.6. The van der Waals surface area contributed by atoms with Crippen LogP contribution in [0.1, 0.15) is 0 Å². The number of thioether (sulfide) groups is 1. The predicted octanol–water partition coefficient (Wildman–Crippen LogP) is 6.65. The van der Waals surface area contributed by atoms with Gasteiger partial charge in [-0.2, -0.15) is 4.39 Å². The molecule has 27 heavy (non-hydrogen) atoms. The van der Waals surface area contributed by atoms with Gasteiger partial charge in [-0.25, -0.2) is 0 Å². The van der Waals surface area contributed by atoms with Gasteiger partial charge >= 0.3 is 54.6 Å². The van der Waals surface area contributed by atoms with Gasteiger partial charge in [0.2, 0.25) is 0 Å². The van der Waals surface area contributed by atoms with Crippen LogP contribution in [-0.2, 0) is 4.74 Å².